The lowest BCUT2D eigenvalue weighted by atomic mass is 10.0. The molecular weight excluding hydrogens is 470 g/mol. The molecular formula is C28H53NO4Si2. The average Bonchev–Trinajstić information content (AvgIpc) is 2.72. The SMILES string of the molecule is CC(=O)OC[C@H](N[C@H](C)c1ccccc1)[C@@H](CCCO[Si](C)(C)C(C)(C)C)O[Si](C)(C)C(C)(C)C. The van der Waals surface area contributed by atoms with Gasteiger partial charge in [-0.2, -0.15) is 0 Å². The number of ether oxygens (including phenoxy) is 1. The Kier molecular flexibility index (Phi) is 11.9. The maximum atomic E-state index is 11.7. The predicted molar refractivity (Wildman–Crippen MR) is 153 cm³/mol. The lowest BCUT2D eigenvalue weighted by molar-refractivity contribution is -0.142. The maximum absolute atomic E-state index is 11.7. The third-order valence-corrected chi connectivity index (χ3v) is 16.9. The third kappa shape index (κ3) is 10.5. The summed E-state index contributed by atoms with van der Waals surface area (Å²) >= 11 is 0. The second kappa shape index (κ2) is 13.0. The fraction of sp³-hybridized carbons (Fsp3) is 0.750. The molecule has 0 saturated heterocycles. The van der Waals surface area contributed by atoms with Crippen molar-refractivity contribution < 1.29 is 18.4 Å². The molecule has 7 heteroatoms. The Hall–Kier alpha value is -0.996. The molecule has 1 aromatic carbocycles. The van der Waals surface area contributed by atoms with Gasteiger partial charge in [0.15, 0.2) is 16.6 Å². The van der Waals surface area contributed by atoms with Crippen molar-refractivity contribution in [2.75, 3.05) is 13.2 Å². The lowest BCUT2D eigenvalue weighted by Crippen LogP contribution is -2.53. The highest BCUT2D eigenvalue weighted by atomic mass is 28.4. The van der Waals surface area contributed by atoms with E-state index in [0.717, 1.165) is 19.4 Å². The molecule has 5 nitrogen and oxygen atoms in total. The summed E-state index contributed by atoms with van der Waals surface area (Å²) in [5.41, 5.74) is 1.20. The van der Waals surface area contributed by atoms with Crippen LogP contribution in [0.2, 0.25) is 36.3 Å². The predicted octanol–water partition coefficient (Wildman–Crippen LogP) is 7.46. The molecule has 35 heavy (non-hydrogen) atoms. The van der Waals surface area contributed by atoms with Crippen LogP contribution in [0.3, 0.4) is 0 Å². The molecule has 0 heterocycles. The Morgan fingerprint density at radius 3 is 1.97 bits per heavy atom. The van der Waals surface area contributed by atoms with Crippen molar-refractivity contribution in [3.63, 3.8) is 0 Å². The largest absolute Gasteiger partial charge is 0.464 e. The minimum absolute atomic E-state index is 0.0792. The lowest BCUT2D eigenvalue weighted by Gasteiger charge is -2.42. The molecule has 0 bridgehead atoms. The highest BCUT2D eigenvalue weighted by Crippen LogP contribution is 2.39. The third-order valence-electron chi connectivity index (χ3n) is 7.83. The molecule has 1 rings (SSSR count). The van der Waals surface area contributed by atoms with Gasteiger partial charge >= 0.3 is 5.97 Å². The summed E-state index contributed by atoms with van der Waals surface area (Å²) in [5.74, 6) is -0.267. The molecule has 0 saturated carbocycles. The van der Waals surface area contributed by atoms with E-state index >= 15 is 0 Å². The van der Waals surface area contributed by atoms with Crippen LogP contribution in [-0.2, 0) is 18.4 Å². The van der Waals surface area contributed by atoms with E-state index in [2.05, 4.69) is 104 Å². The highest BCUT2D eigenvalue weighted by molar-refractivity contribution is 6.74. The molecule has 0 amide bonds. The summed E-state index contributed by atoms with van der Waals surface area (Å²) < 4.78 is 19.0. The van der Waals surface area contributed by atoms with Crippen LogP contribution in [0.4, 0.5) is 0 Å². The van der Waals surface area contributed by atoms with Crippen molar-refractivity contribution in [2.24, 2.45) is 0 Å². The summed E-state index contributed by atoms with van der Waals surface area (Å²) in [6.07, 6.45) is 1.68. The van der Waals surface area contributed by atoms with Crippen LogP contribution >= 0.6 is 0 Å². The van der Waals surface area contributed by atoms with Crippen LogP contribution in [0.25, 0.3) is 0 Å². The molecule has 0 aliphatic heterocycles. The van der Waals surface area contributed by atoms with Crippen molar-refractivity contribution in [3.05, 3.63) is 35.9 Å². The molecule has 0 aliphatic carbocycles. The first-order valence-electron chi connectivity index (χ1n) is 13.1. The number of hydrogen-bond donors (Lipinski definition) is 1. The van der Waals surface area contributed by atoms with Gasteiger partial charge in [0.2, 0.25) is 0 Å². The van der Waals surface area contributed by atoms with Crippen LogP contribution < -0.4 is 5.32 Å². The Morgan fingerprint density at radius 2 is 1.49 bits per heavy atom. The van der Waals surface area contributed by atoms with Gasteiger partial charge in [-0.1, -0.05) is 71.9 Å². The molecule has 3 atom stereocenters. The van der Waals surface area contributed by atoms with E-state index < -0.39 is 16.6 Å². The van der Waals surface area contributed by atoms with Crippen LogP contribution in [0.1, 0.15) is 79.8 Å². The van der Waals surface area contributed by atoms with Crippen molar-refractivity contribution in [3.8, 4) is 0 Å². The highest BCUT2D eigenvalue weighted by Gasteiger charge is 2.41. The fourth-order valence-electron chi connectivity index (χ4n) is 3.35. The van der Waals surface area contributed by atoms with E-state index in [1.54, 1.807) is 0 Å². The van der Waals surface area contributed by atoms with Gasteiger partial charge in [0.05, 0.1) is 12.1 Å². The summed E-state index contributed by atoms with van der Waals surface area (Å²) in [5, 5.41) is 4.00. The average molecular weight is 524 g/mol. The Morgan fingerprint density at radius 1 is 0.943 bits per heavy atom. The second-order valence-corrected chi connectivity index (χ2v) is 22.4. The molecule has 0 aliphatic rings. The van der Waals surface area contributed by atoms with Crippen LogP contribution in [-0.4, -0.2) is 48.0 Å². The van der Waals surface area contributed by atoms with Crippen molar-refractivity contribution in [2.45, 2.75) is 123 Å². The maximum Gasteiger partial charge on any atom is 0.302 e. The molecule has 0 unspecified atom stereocenters. The zero-order chi connectivity index (χ0) is 27.1. The Labute approximate surface area is 218 Å². The van der Waals surface area contributed by atoms with E-state index in [-0.39, 0.29) is 40.8 Å². The van der Waals surface area contributed by atoms with Gasteiger partial charge in [-0.3, -0.25) is 4.79 Å². The van der Waals surface area contributed by atoms with Gasteiger partial charge in [-0.25, -0.2) is 0 Å². The quantitative estimate of drug-likeness (QED) is 0.165. The fourth-order valence-corrected chi connectivity index (χ4v) is 5.83. The topological polar surface area (TPSA) is 56.8 Å². The minimum Gasteiger partial charge on any atom is -0.464 e. The molecule has 0 spiro atoms. The van der Waals surface area contributed by atoms with E-state index in [1.807, 2.05) is 6.07 Å². The van der Waals surface area contributed by atoms with Gasteiger partial charge in [-0.05, 0) is 61.6 Å². The number of rotatable bonds is 13. The van der Waals surface area contributed by atoms with Crippen molar-refractivity contribution in [1.29, 1.82) is 0 Å². The number of carbonyl (C=O) groups is 1. The Balaban J connectivity index is 3.11. The van der Waals surface area contributed by atoms with Gasteiger partial charge in [0.1, 0.15) is 6.61 Å². The molecule has 0 aromatic heterocycles. The summed E-state index contributed by atoms with van der Waals surface area (Å²) in [4.78, 5) is 11.7. The van der Waals surface area contributed by atoms with Gasteiger partial charge in [0.25, 0.3) is 0 Å². The molecule has 202 valence electrons. The normalized spacial score (nSPS) is 16.0. The molecule has 1 N–H and O–H groups in total. The summed E-state index contributed by atoms with van der Waals surface area (Å²) in [7, 11) is -3.85. The van der Waals surface area contributed by atoms with Crippen LogP contribution in [0, 0.1) is 0 Å². The van der Waals surface area contributed by atoms with E-state index in [4.69, 9.17) is 13.6 Å². The second-order valence-electron chi connectivity index (χ2n) is 12.9. The minimum atomic E-state index is -2.06. The summed E-state index contributed by atoms with van der Waals surface area (Å²) in [6.45, 7) is 27.4. The molecule has 0 radical (unpaired) electrons. The monoisotopic (exact) mass is 523 g/mol. The smallest absolute Gasteiger partial charge is 0.302 e. The first kappa shape index (κ1) is 32.0. The van der Waals surface area contributed by atoms with Gasteiger partial charge in [-0.15, -0.1) is 0 Å². The van der Waals surface area contributed by atoms with E-state index in [9.17, 15) is 4.79 Å². The van der Waals surface area contributed by atoms with Gasteiger partial charge < -0.3 is 18.9 Å². The number of nitrogens with one attached hydrogen (secondary N) is 1. The van der Waals surface area contributed by atoms with Crippen molar-refractivity contribution >= 4 is 22.6 Å². The first-order chi connectivity index (χ1) is 15.9. The zero-order valence-electron chi connectivity index (χ0n) is 24.6. The number of carbonyl (C=O) groups excluding carboxylic acids is 1. The number of benzene rings is 1. The van der Waals surface area contributed by atoms with Gasteiger partial charge in [0, 0.05) is 19.6 Å². The summed E-state index contributed by atoms with van der Waals surface area (Å²) in [6, 6.07) is 10.4. The molecule has 0 fully saturated rings. The van der Waals surface area contributed by atoms with Crippen molar-refractivity contribution in [1.82, 2.24) is 5.32 Å². The first-order valence-corrected chi connectivity index (χ1v) is 18.9. The van der Waals surface area contributed by atoms with E-state index in [1.165, 1.54) is 12.5 Å². The van der Waals surface area contributed by atoms with Crippen LogP contribution in [0.15, 0.2) is 30.3 Å². The Bertz CT molecular complexity index is 769. The molecule has 1 aromatic rings. The number of esters is 1. The number of hydrogen-bond acceptors (Lipinski definition) is 5. The standard InChI is InChI=1S/C28H53NO4Si2/c1-22(24-17-14-13-15-18-24)29-25(21-31-23(2)30)26(33-35(11,12)28(6,7)8)19-16-20-32-34(9,10)27(3,4)5/h13-15,17-18,22,25-26,29H,16,19-21H2,1-12H3/t22-,25+,26-/m1/s1. The zero-order valence-corrected chi connectivity index (χ0v) is 26.6. The van der Waals surface area contributed by atoms with Crippen LogP contribution in [0.5, 0.6) is 0 Å². The van der Waals surface area contributed by atoms with E-state index in [0.29, 0.717) is 0 Å².